The van der Waals surface area contributed by atoms with Gasteiger partial charge in [-0.3, -0.25) is 0 Å². The zero-order valence-electron chi connectivity index (χ0n) is 14.2. The van der Waals surface area contributed by atoms with Gasteiger partial charge in [0.1, 0.15) is 6.10 Å². The van der Waals surface area contributed by atoms with Gasteiger partial charge in [0.2, 0.25) is 10.0 Å². The van der Waals surface area contributed by atoms with Crippen LogP contribution in [0.25, 0.3) is 0 Å². The van der Waals surface area contributed by atoms with Crippen LogP contribution in [0.5, 0.6) is 0 Å². The van der Waals surface area contributed by atoms with Crippen LogP contribution in [0, 0.1) is 0 Å². The fourth-order valence-electron chi connectivity index (χ4n) is 2.35. The number of rotatable bonds is 8. The Labute approximate surface area is 143 Å². The van der Waals surface area contributed by atoms with Gasteiger partial charge >= 0.3 is 0 Å². The van der Waals surface area contributed by atoms with Crippen molar-refractivity contribution in [1.29, 1.82) is 0 Å². The van der Waals surface area contributed by atoms with E-state index < -0.39 is 28.5 Å². The first-order chi connectivity index (χ1) is 11.3. The lowest BCUT2D eigenvalue weighted by Gasteiger charge is -2.32. The molecule has 0 saturated heterocycles. The van der Waals surface area contributed by atoms with Gasteiger partial charge in [-0.2, -0.15) is 0 Å². The number of nitrogens with one attached hydrogen (secondary N) is 1. The summed E-state index contributed by atoms with van der Waals surface area (Å²) in [5.74, 6) is 0. The minimum atomic E-state index is -3.35. The van der Waals surface area contributed by atoms with Crippen LogP contribution in [0.3, 0.4) is 0 Å². The molecule has 134 valence electrons. The van der Waals surface area contributed by atoms with Crippen LogP contribution in [0.2, 0.25) is 0 Å². The highest BCUT2D eigenvalue weighted by Crippen LogP contribution is 2.17. The molecule has 0 amide bonds. The lowest BCUT2D eigenvalue weighted by Crippen LogP contribution is -2.49. The van der Waals surface area contributed by atoms with Crippen molar-refractivity contribution in [3.8, 4) is 0 Å². The normalized spacial score (nSPS) is 24.4. The van der Waals surface area contributed by atoms with E-state index in [2.05, 4.69) is 4.72 Å². The number of ether oxygens (including phenoxy) is 3. The summed E-state index contributed by atoms with van der Waals surface area (Å²) in [5, 5.41) is 0. The summed E-state index contributed by atoms with van der Waals surface area (Å²) in [6.45, 7) is 4.52. The highest BCUT2D eigenvalue weighted by Gasteiger charge is 2.30. The summed E-state index contributed by atoms with van der Waals surface area (Å²) >= 11 is 0. The summed E-state index contributed by atoms with van der Waals surface area (Å²) < 4.78 is 42.8. The number of sulfonamides is 1. The van der Waals surface area contributed by atoms with E-state index in [1.165, 1.54) is 0 Å². The van der Waals surface area contributed by atoms with Crippen molar-refractivity contribution in [2.24, 2.45) is 0 Å². The summed E-state index contributed by atoms with van der Waals surface area (Å²) in [5.41, 5.74) is 1.05. The predicted molar refractivity (Wildman–Crippen MR) is 91.9 cm³/mol. The van der Waals surface area contributed by atoms with Crippen molar-refractivity contribution in [2.45, 2.75) is 45.0 Å². The molecule has 1 heterocycles. The maximum absolute atomic E-state index is 11.5. The Kier molecular flexibility index (Phi) is 6.94. The molecular formula is C17H25NO5S. The van der Waals surface area contributed by atoms with Crippen LogP contribution in [0.4, 0.5) is 0 Å². The number of hydrogen-bond acceptors (Lipinski definition) is 5. The second-order valence-electron chi connectivity index (χ2n) is 6.03. The van der Waals surface area contributed by atoms with E-state index in [1.807, 2.05) is 44.2 Å². The van der Waals surface area contributed by atoms with Gasteiger partial charge in [-0.05, 0) is 25.5 Å². The van der Waals surface area contributed by atoms with Gasteiger partial charge < -0.3 is 14.2 Å². The van der Waals surface area contributed by atoms with Crippen molar-refractivity contribution in [1.82, 2.24) is 4.72 Å². The second kappa shape index (κ2) is 8.73. The Morgan fingerprint density at radius 1 is 1.21 bits per heavy atom. The molecule has 0 unspecified atom stereocenters. The van der Waals surface area contributed by atoms with E-state index in [1.54, 1.807) is 12.2 Å². The molecular weight excluding hydrogens is 330 g/mol. The van der Waals surface area contributed by atoms with Gasteiger partial charge in [-0.15, -0.1) is 0 Å². The molecule has 1 N–H and O–H groups in total. The third kappa shape index (κ3) is 6.70. The number of benzene rings is 1. The molecule has 0 aromatic heterocycles. The highest BCUT2D eigenvalue weighted by molar-refractivity contribution is 7.88. The second-order valence-corrected chi connectivity index (χ2v) is 7.81. The molecule has 0 aliphatic carbocycles. The average molecular weight is 355 g/mol. The Morgan fingerprint density at radius 2 is 1.92 bits per heavy atom. The predicted octanol–water partition coefficient (Wildman–Crippen LogP) is 1.83. The largest absolute Gasteiger partial charge is 0.374 e. The van der Waals surface area contributed by atoms with E-state index in [0.717, 1.165) is 11.8 Å². The van der Waals surface area contributed by atoms with Crippen molar-refractivity contribution in [2.75, 3.05) is 12.9 Å². The minimum Gasteiger partial charge on any atom is -0.374 e. The van der Waals surface area contributed by atoms with Crippen LogP contribution in [0.15, 0.2) is 42.5 Å². The quantitative estimate of drug-likeness (QED) is 0.720. The average Bonchev–Trinajstić information content (AvgIpc) is 2.49. The molecule has 2 rings (SSSR count). The molecule has 1 aromatic carbocycles. The van der Waals surface area contributed by atoms with E-state index >= 15 is 0 Å². The van der Waals surface area contributed by atoms with Crippen LogP contribution in [-0.2, 0) is 30.8 Å². The Hall–Kier alpha value is -1.25. The standard InChI is InChI=1S/C17H25NO5S/c1-13(2)22-17-10-9-15(18-24(3,19)20)16(23-17)12-21-11-14-7-5-4-6-8-14/h4-10,13,15-18H,11-12H2,1-3H3/t15-,16-,17+/m1/s1. The van der Waals surface area contributed by atoms with Crippen LogP contribution in [-0.4, -0.2) is 45.8 Å². The molecule has 7 heteroatoms. The third-order valence-corrected chi connectivity index (χ3v) is 4.04. The molecule has 0 spiro atoms. The number of hydrogen-bond donors (Lipinski definition) is 1. The van der Waals surface area contributed by atoms with Crippen molar-refractivity contribution >= 4 is 10.0 Å². The van der Waals surface area contributed by atoms with E-state index in [0.29, 0.717) is 6.61 Å². The first kappa shape index (κ1) is 19.1. The summed E-state index contributed by atoms with van der Waals surface area (Å²) in [6.07, 6.45) is 3.64. The van der Waals surface area contributed by atoms with Gasteiger partial charge in [0.25, 0.3) is 0 Å². The zero-order chi connectivity index (χ0) is 17.6. The van der Waals surface area contributed by atoms with E-state index in [-0.39, 0.29) is 12.7 Å². The minimum absolute atomic E-state index is 0.00459. The lowest BCUT2D eigenvalue weighted by molar-refractivity contribution is -0.182. The van der Waals surface area contributed by atoms with Crippen LogP contribution < -0.4 is 4.72 Å². The first-order valence-corrected chi connectivity index (χ1v) is 9.81. The van der Waals surface area contributed by atoms with Crippen molar-refractivity contribution < 1.29 is 22.6 Å². The molecule has 1 aliphatic heterocycles. The lowest BCUT2D eigenvalue weighted by atomic mass is 10.1. The zero-order valence-corrected chi connectivity index (χ0v) is 15.0. The monoisotopic (exact) mass is 355 g/mol. The molecule has 0 bridgehead atoms. The molecule has 0 fully saturated rings. The highest BCUT2D eigenvalue weighted by atomic mass is 32.2. The van der Waals surface area contributed by atoms with Gasteiger partial charge in [-0.1, -0.05) is 36.4 Å². The van der Waals surface area contributed by atoms with Gasteiger partial charge in [0.05, 0.1) is 31.6 Å². The molecule has 3 atom stereocenters. The fourth-order valence-corrected chi connectivity index (χ4v) is 3.08. The molecule has 0 radical (unpaired) electrons. The first-order valence-electron chi connectivity index (χ1n) is 7.92. The third-order valence-electron chi connectivity index (χ3n) is 3.34. The van der Waals surface area contributed by atoms with Crippen molar-refractivity contribution in [3.05, 3.63) is 48.0 Å². The maximum Gasteiger partial charge on any atom is 0.209 e. The smallest absolute Gasteiger partial charge is 0.209 e. The molecule has 24 heavy (non-hydrogen) atoms. The maximum atomic E-state index is 11.5. The Morgan fingerprint density at radius 3 is 2.54 bits per heavy atom. The summed E-state index contributed by atoms with van der Waals surface area (Å²) in [6, 6.07) is 9.29. The van der Waals surface area contributed by atoms with Crippen LogP contribution in [0.1, 0.15) is 19.4 Å². The Bertz CT molecular complexity index is 630. The van der Waals surface area contributed by atoms with Gasteiger partial charge in [-0.25, -0.2) is 13.1 Å². The summed E-state index contributed by atoms with van der Waals surface area (Å²) in [4.78, 5) is 0. The van der Waals surface area contributed by atoms with Gasteiger partial charge in [0.15, 0.2) is 6.29 Å². The fraction of sp³-hybridized carbons (Fsp3) is 0.529. The van der Waals surface area contributed by atoms with Gasteiger partial charge in [0, 0.05) is 0 Å². The van der Waals surface area contributed by atoms with E-state index in [9.17, 15) is 8.42 Å². The Balaban J connectivity index is 1.96. The van der Waals surface area contributed by atoms with Crippen LogP contribution >= 0.6 is 0 Å². The molecule has 1 aromatic rings. The van der Waals surface area contributed by atoms with E-state index in [4.69, 9.17) is 14.2 Å². The SMILES string of the molecule is CC(C)O[C@@H]1C=C[C@@H](NS(C)(=O)=O)[C@@H](COCc2ccccc2)O1. The summed E-state index contributed by atoms with van der Waals surface area (Å²) in [7, 11) is -3.35. The van der Waals surface area contributed by atoms with Crippen molar-refractivity contribution in [3.63, 3.8) is 0 Å². The molecule has 1 aliphatic rings. The topological polar surface area (TPSA) is 73.9 Å². The molecule has 0 saturated carbocycles. The molecule has 6 nitrogen and oxygen atoms in total.